The van der Waals surface area contributed by atoms with Gasteiger partial charge in [-0.3, -0.25) is 4.98 Å². The van der Waals surface area contributed by atoms with Crippen molar-refractivity contribution in [3.05, 3.63) is 89.0 Å². The Morgan fingerprint density at radius 1 is 1.10 bits per heavy atom. The second-order valence-electron chi connectivity index (χ2n) is 7.14. The number of alkyl halides is 2. The van der Waals surface area contributed by atoms with Gasteiger partial charge in [-0.25, -0.2) is 0 Å². The number of hydrogen-bond donors (Lipinski definition) is 2. The van der Waals surface area contributed by atoms with Crippen LogP contribution >= 0.6 is 11.6 Å². The summed E-state index contributed by atoms with van der Waals surface area (Å²) in [5.74, 6) is 1.11. The molecule has 1 aliphatic rings. The third-order valence-electron chi connectivity index (χ3n) is 5.30. The highest BCUT2D eigenvalue weighted by Crippen LogP contribution is 2.41. The van der Waals surface area contributed by atoms with Crippen LogP contribution in [0.5, 0.6) is 11.5 Å². The Bertz CT molecular complexity index is 1140. The summed E-state index contributed by atoms with van der Waals surface area (Å²) in [6.45, 7) is -2.46. The number of aromatic nitrogens is 1. The lowest BCUT2D eigenvalue weighted by Crippen LogP contribution is -2.31. The number of ether oxygens (including phenoxy) is 2. The molecular formula is C23H20ClF2N3O2. The molecule has 5 nitrogen and oxygen atoms in total. The molecule has 4 rings (SSSR count). The van der Waals surface area contributed by atoms with Crippen molar-refractivity contribution in [2.24, 2.45) is 5.73 Å². The highest BCUT2D eigenvalue weighted by molar-refractivity contribution is 6.32. The Morgan fingerprint density at radius 2 is 1.90 bits per heavy atom. The van der Waals surface area contributed by atoms with Gasteiger partial charge in [-0.2, -0.15) is 8.78 Å². The van der Waals surface area contributed by atoms with E-state index in [1.807, 2.05) is 36.4 Å². The van der Waals surface area contributed by atoms with E-state index in [2.05, 4.69) is 15.0 Å². The van der Waals surface area contributed by atoms with Crippen LogP contribution in [-0.4, -0.2) is 25.3 Å². The molecule has 1 aromatic heterocycles. The minimum Gasteiger partial charge on any atom is -0.495 e. The van der Waals surface area contributed by atoms with Crippen molar-refractivity contribution in [3.8, 4) is 22.6 Å². The second-order valence-corrected chi connectivity index (χ2v) is 7.55. The zero-order valence-corrected chi connectivity index (χ0v) is 17.4. The molecule has 1 unspecified atom stereocenters. The van der Waals surface area contributed by atoms with Gasteiger partial charge in [-0.1, -0.05) is 35.9 Å². The topological polar surface area (TPSA) is 69.4 Å². The molecule has 2 aromatic carbocycles. The summed E-state index contributed by atoms with van der Waals surface area (Å²) in [6, 6.07) is 14.7. The highest BCUT2D eigenvalue weighted by atomic mass is 35.5. The van der Waals surface area contributed by atoms with Crippen LogP contribution in [0.2, 0.25) is 5.02 Å². The molecule has 1 atom stereocenters. The molecule has 0 radical (unpaired) electrons. The van der Waals surface area contributed by atoms with Crippen LogP contribution in [0.4, 0.5) is 8.78 Å². The smallest absolute Gasteiger partial charge is 0.387 e. The molecule has 31 heavy (non-hydrogen) atoms. The van der Waals surface area contributed by atoms with Crippen LogP contribution in [0.15, 0.2) is 72.8 Å². The third kappa shape index (κ3) is 4.14. The van der Waals surface area contributed by atoms with Gasteiger partial charge in [0.1, 0.15) is 11.5 Å². The summed E-state index contributed by atoms with van der Waals surface area (Å²) in [4.78, 5) is 4.23. The van der Waals surface area contributed by atoms with Crippen molar-refractivity contribution in [2.75, 3.05) is 13.7 Å². The maximum absolute atomic E-state index is 12.6. The molecule has 0 aliphatic carbocycles. The molecule has 1 aliphatic heterocycles. The average molecular weight is 444 g/mol. The first kappa shape index (κ1) is 20.9. The molecule has 2 heterocycles. The van der Waals surface area contributed by atoms with Crippen molar-refractivity contribution >= 4 is 11.6 Å². The van der Waals surface area contributed by atoms with E-state index in [0.717, 1.165) is 22.3 Å². The van der Waals surface area contributed by atoms with Gasteiger partial charge in [0.25, 0.3) is 0 Å². The van der Waals surface area contributed by atoms with Gasteiger partial charge in [-0.15, -0.1) is 0 Å². The molecule has 0 saturated carbocycles. The van der Waals surface area contributed by atoms with Gasteiger partial charge in [0.2, 0.25) is 0 Å². The number of benzene rings is 2. The summed E-state index contributed by atoms with van der Waals surface area (Å²) in [7, 11) is 1.59. The Hall–Kier alpha value is -3.32. The normalized spacial score (nSPS) is 17.9. The third-order valence-corrected chi connectivity index (χ3v) is 5.59. The predicted molar refractivity (Wildman–Crippen MR) is 115 cm³/mol. The van der Waals surface area contributed by atoms with Crippen molar-refractivity contribution in [3.63, 3.8) is 0 Å². The molecule has 0 saturated heterocycles. The molecule has 0 spiro atoms. The van der Waals surface area contributed by atoms with E-state index in [1.54, 1.807) is 31.6 Å². The number of nitrogens with one attached hydrogen (secondary N) is 1. The zero-order chi connectivity index (χ0) is 22.0. The summed E-state index contributed by atoms with van der Waals surface area (Å²) >= 11 is 6.25. The van der Waals surface area contributed by atoms with E-state index >= 15 is 0 Å². The van der Waals surface area contributed by atoms with Crippen molar-refractivity contribution < 1.29 is 18.3 Å². The van der Waals surface area contributed by atoms with E-state index in [1.165, 1.54) is 6.07 Å². The van der Waals surface area contributed by atoms with Gasteiger partial charge < -0.3 is 20.5 Å². The molecule has 160 valence electrons. The van der Waals surface area contributed by atoms with Crippen LogP contribution < -0.4 is 20.5 Å². The van der Waals surface area contributed by atoms with E-state index in [-0.39, 0.29) is 10.8 Å². The average Bonchev–Trinajstić information content (AvgIpc) is 3.18. The lowest BCUT2D eigenvalue weighted by atomic mass is 9.75. The van der Waals surface area contributed by atoms with Crippen molar-refractivity contribution in [2.45, 2.75) is 12.0 Å². The van der Waals surface area contributed by atoms with Gasteiger partial charge in [-0.05, 0) is 47.0 Å². The van der Waals surface area contributed by atoms with Crippen molar-refractivity contribution in [1.29, 1.82) is 0 Å². The molecule has 0 fully saturated rings. The zero-order valence-electron chi connectivity index (χ0n) is 16.6. The Labute approximate surface area is 183 Å². The fourth-order valence-corrected chi connectivity index (χ4v) is 4.01. The van der Waals surface area contributed by atoms with Gasteiger partial charge in [0.15, 0.2) is 0 Å². The number of pyridine rings is 1. The first-order valence-electron chi connectivity index (χ1n) is 9.48. The molecule has 0 bridgehead atoms. The van der Waals surface area contributed by atoms with Gasteiger partial charge in [0, 0.05) is 18.3 Å². The maximum Gasteiger partial charge on any atom is 0.387 e. The number of nitrogens with two attached hydrogens (primary N) is 1. The maximum atomic E-state index is 12.6. The molecule has 8 heteroatoms. The van der Waals surface area contributed by atoms with Crippen molar-refractivity contribution in [1.82, 2.24) is 10.3 Å². The van der Waals surface area contributed by atoms with E-state index in [9.17, 15) is 8.78 Å². The fourth-order valence-electron chi connectivity index (χ4n) is 3.78. The lowest BCUT2D eigenvalue weighted by molar-refractivity contribution is -0.0498. The number of halogens is 3. The molecule has 3 N–H and O–H groups in total. The molecule has 3 aromatic rings. The number of hydrogen-bond acceptors (Lipinski definition) is 5. The minimum absolute atomic E-state index is 0.0744. The summed E-state index contributed by atoms with van der Waals surface area (Å²) < 4.78 is 35.0. The first-order chi connectivity index (χ1) is 14.9. The number of methoxy groups -OCH3 is 1. The minimum atomic E-state index is -2.95. The van der Waals surface area contributed by atoms with E-state index < -0.39 is 12.0 Å². The Morgan fingerprint density at radius 3 is 2.58 bits per heavy atom. The quantitative estimate of drug-likeness (QED) is 0.578. The van der Waals surface area contributed by atoms with Gasteiger partial charge in [0.05, 0.1) is 29.6 Å². The standard InChI is InChI=1S/C23H20ClF2N3O2/c1-30-18-8-15(11-28-12-18)14-3-2-4-16(7-14)23(10-21(27)29-13-23)17-5-6-20(19(24)9-17)31-22(25)26/h2-12,22,29H,13,27H2,1H3. The molecular weight excluding hydrogens is 424 g/mol. The van der Waals surface area contributed by atoms with Crippen LogP contribution in [-0.2, 0) is 5.41 Å². The van der Waals surface area contributed by atoms with E-state index in [0.29, 0.717) is 18.1 Å². The first-order valence-corrected chi connectivity index (χ1v) is 9.86. The number of nitrogens with zero attached hydrogens (tertiary/aromatic N) is 1. The lowest BCUT2D eigenvalue weighted by Gasteiger charge is -2.29. The number of rotatable bonds is 6. The summed E-state index contributed by atoms with van der Waals surface area (Å²) in [5.41, 5.74) is 9.04. The van der Waals surface area contributed by atoms with Crippen LogP contribution in [0, 0.1) is 0 Å². The van der Waals surface area contributed by atoms with Crippen LogP contribution in [0.3, 0.4) is 0 Å². The second kappa shape index (κ2) is 8.43. The van der Waals surface area contributed by atoms with Crippen LogP contribution in [0.25, 0.3) is 11.1 Å². The summed E-state index contributed by atoms with van der Waals surface area (Å²) in [6.07, 6.45) is 5.32. The largest absolute Gasteiger partial charge is 0.495 e. The highest BCUT2D eigenvalue weighted by Gasteiger charge is 2.37. The summed E-state index contributed by atoms with van der Waals surface area (Å²) in [5, 5.41) is 3.26. The van der Waals surface area contributed by atoms with Crippen LogP contribution in [0.1, 0.15) is 11.1 Å². The fraction of sp³-hybridized carbons (Fsp3) is 0.174. The van der Waals surface area contributed by atoms with Gasteiger partial charge >= 0.3 is 6.61 Å². The Balaban J connectivity index is 1.80. The monoisotopic (exact) mass is 443 g/mol. The van der Waals surface area contributed by atoms with E-state index in [4.69, 9.17) is 22.1 Å². The SMILES string of the molecule is COc1cncc(-c2cccc(C3(c4ccc(OC(F)F)c(Cl)c4)C=C(N)NC3)c2)c1. The Kier molecular flexibility index (Phi) is 5.69. The predicted octanol–water partition coefficient (Wildman–Crippen LogP) is 4.70. The molecule has 0 amide bonds.